The van der Waals surface area contributed by atoms with Gasteiger partial charge in [-0.2, -0.15) is 0 Å². The summed E-state index contributed by atoms with van der Waals surface area (Å²) in [6.07, 6.45) is 0. The van der Waals surface area contributed by atoms with Crippen LogP contribution in [0.5, 0.6) is 11.5 Å². The molecule has 0 aliphatic rings. The SMILES string of the molecule is COc1cc(NC(=O)CNc2ccc(F)c(F)c2F)cc(OC)c1. The number of hydrogen-bond donors (Lipinski definition) is 2. The summed E-state index contributed by atoms with van der Waals surface area (Å²) in [6.45, 7) is -0.346. The Morgan fingerprint density at radius 2 is 1.62 bits per heavy atom. The van der Waals surface area contributed by atoms with Gasteiger partial charge in [0, 0.05) is 23.9 Å². The van der Waals surface area contributed by atoms with E-state index in [-0.39, 0.29) is 12.2 Å². The summed E-state index contributed by atoms with van der Waals surface area (Å²) in [5.41, 5.74) is 0.0935. The number of halogens is 3. The lowest BCUT2D eigenvalue weighted by atomic mass is 10.2. The van der Waals surface area contributed by atoms with Crippen molar-refractivity contribution in [3.8, 4) is 11.5 Å². The predicted octanol–water partition coefficient (Wildman–Crippen LogP) is 3.17. The van der Waals surface area contributed by atoms with Crippen LogP contribution < -0.4 is 20.1 Å². The number of rotatable bonds is 6. The lowest BCUT2D eigenvalue weighted by molar-refractivity contribution is -0.114. The van der Waals surface area contributed by atoms with E-state index in [1.54, 1.807) is 18.2 Å². The summed E-state index contributed by atoms with van der Waals surface area (Å²) in [5.74, 6) is -3.85. The van der Waals surface area contributed by atoms with Crippen LogP contribution in [-0.2, 0) is 4.79 Å². The Morgan fingerprint density at radius 1 is 1.00 bits per heavy atom. The number of anilines is 2. The van der Waals surface area contributed by atoms with Crippen LogP contribution in [0.25, 0.3) is 0 Å². The predicted molar refractivity (Wildman–Crippen MR) is 83.0 cm³/mol. The molecule has 2 rings (SSSR count). The summed E-state index contributed by atoms with van der Waals surface area (Å²) in [6, 6.07) is 6.54. The van der Waals surface area contributed by atoms with Gasteiger partial charge in [-0.3, -0.25) is 4.79 Å². The molecule has 5 nitrogen and oxygen atoms in total. The zero-order valence-corrected chi connectivity index (χ0v) is 13.0. The highest BCUT2D eigenvalue weighted by Gasteiger charge is 2.14. The minimum absolute atomic E-state index is 0.313. The van der Waals surface area contributed by atoms with Crippen molar-refractivity contribution in [2.45, 2.75) is 0 Å². The van der Waals surface area contributed by atoms with Crippen LogP contribution in [0.2, 0.25) is 0 Å². The van der Waals surface area contributed by atoms with Crippen LogP contribution in [-0.4, -0.2) is 26.7 Å². The topological polar surface area (TPSA) is 59.6 Å². The van der Waals surface area contributed by atoms with Gasteiger partial charge in [-0.15, -0.1) is 0 Å². The highest BCUT2D eigenvalue weighted by molar-refractivity contribution is 5.94. The van der Waals surface area contributed by atoms with Crippen molar-refractivity contribution in [2.24, 2.45) is 0 Å². The second-order valence-electron chi connectivity index (χ2n) is 4.73. The number of carbonyl (C=O) groups is 1. The van der Waals surface area contributed by atoms with Crippen LogP contribution >= 0.6 is 0 Å². The van der Waals surface area contributed by atoms with Gasteiger partial charge in [0.25, 0.3) is 0 Å². The average Bonchev–Trinajstić information content (AvgIpc) is 2.58. The molecule has 2 aromatic carbocycles. The molecule has 128 valence electrons. The molecule has 1 amide bonds. The van der Waals surface area contributed by atoms with E-state index < -0.39 is 23.4 Å². The molecule has 0 unspecified atom stereocenters. The minimum atomic E-state index is -1.60. The largest absolute Gasteiger partial charge is 0.497 e. The molecule has 0 bridgehead atoms. The van der Waals surface area contributed by atoms with Gasteiger partial charge < -0.3 is 20.1 Å². The number of ether oxygens (including phenoxy) is 2. The number of hydrogen-bond acceptors (Lipinski definition) is 4. The normalized spacial score (nSPS) is 10.2. The number of amides is 1. The van der Waals surface area contributed by atoms with Gasteiger partial charge in [0.15, 0.2) is 17.5 Å². The average molecular weight is 340 g/mol. The van der Waals surface area contributed by atoms with Crippen LogP contribution in [0.1, 0.15) is 0 Å². The van der Waals surface area contributed by atoms with Crippen molar-refractivity contribution in [2.75, 3.05) is 31.4 Å². The molecular formula is C16H15F3N2O3. The maximum Gasteiger partial charge on any atom is 0.243 e. The lowest BCUT2D eigenvalue weighted by Crippen LogP contribution is -2.22. The van der Waals surface area contributed by atoms with Gasteiger partial charge in [-0.05, 0) is 12.1 Å². The number of benzene rings is 2. The molecule has 0 heterocycles. The third-order valence-corrected chi connectivity index (χ3v) is 3.11. The molecule has 0 radical (unpaired) electrons. The van der Waals surface area contributed by atoms with E-state index in [2.05, 4.69) is 10.6 Å². The van der Waals surface area contributed by atoms with E-state index in [1.165, 1.54) is 14.2 Å². The molecular weight excluding hydrogens is 325 g/mol. The molecule has 8 heteroatoms. The molecule has 0 aromatic heterocycles. The quantitative estimate of drug-likeness (QED) is 0.793. The Labute approximate surface area is 136 Å². The van der Waals surface area contributed by atoms with Gasteiger partial charge in [0.2, 0.25) is 5.91 Å². The molecule has 0 saturated carbocycles. The maximum atomic E-state index is 13.5. The molecule has 0 fully saturated rings. The number of methoxy groups -OCH3 is 2. The second kappa shape index (κ2) is 7.58. The Bertz CT molecular complexity index is 731. The fourth-order valence-corrected chi connectivity index (χ4v) is 1.92. The van der Waals surface area contributed by atoms with E-state index in [4.69, 9.17) is 9.47 Å². The van der Waals surface area contributed by atoms with Gasteiger partial charge >= 0.3 is 0 Å². The van der Waals surface area contributed by atoms with E-state index in [0.717, 1.165) is 12.1 Å². The zero-order chi connectivity index (χ0) is 17.7. The van der Waals surface area contributed by atoms with Crippen LogP contribution in [0.4, 0.5) is 24.5 Å². The zero-order valence-electron chi connectivity index (χ0n) is 13.0. The summed E-state index contributed by atoms with van der Waals surface area (Å²) in [7, 11) is 2.93. The lowest BCUT2D eigenvalue weighted by Gasteiger charge is -2.11. The van der Waals surface area contributed by atoms with Crippen molar-refractivity contribution in [3.05, 3.63) is 47.8 Å². The van der Waals surface area contributed by atoms with Crippen molar-refractivity contribution >= 4 is 17.3 Å². The van der Waals surface area contributed by atoms with E-state index in [0.29, 0.717) is 17.2 Å². The van der Waals surface area contributed by atoms with Crippen molar-refractivity contribution < 1.29 is 27.4 Å². The molecule has 0 aliphatic carbocycles. The molecule has 0 aliphatic heterocycles. The van der Waals surface area contributed by atoms with Crippen molar-refractivity contribution in [1.29, 1.82) is 0 Å². The van der Waals surface area contributed by atoms with E-state index >= 15 is 0 Å². The highest BCUT2D eigenvalue weighted by atomic mass is 19.2. The minimum Gasteiger partial charge on any atom is -0.497 e. The van der Waals surface area contributed by atoms with Gasteiger partial charge in [0.05, 0.1) is 26.5 Å². The molecule has 0 atom stereocenters. The number of carbonyl (C=O) groups excluding carboxylic acids is 1. The van der Waals surface area contributed by atoms with E-state index in [9.17, 15) is 18.0 Å². The first-order valence-electron chi connectivity index (χ1n) is 6.85. The standard InChI is InChI=1S/C16H15F3N2O3/c1-23-10-5-9(6-11(7-10)24-2)21-14(22)8-20-13-4-3-12(17)15(18)16(13)19/h3-7,20H,8H2,1-2H3,(H,21,22). The monoisotopic (exact) mass is 340 g/mol. The smallest absolute Gasteiger partial charge is 0.243 e. The number of nitrogens with one attached hydrogen (secondary N) is 2. The molecule has 0 spiro atoms. The molecule has 2 aromatic rings. The van der Waals surface area contributed by atoms with Crippen LogP contribution in [0.3, 0.4) is 0 Å². The van der Waals surface area contributed by atoms with Crippen molar-refractivity contribution in [3.63, 3.8) is 0 Å². The van der Waals surface area contributed by atoms with Gasteiger partial charge in [-0.25, -0.2) is 13.2 Å². The van der Waals surface area contributed by atoms with Crippen LogP contribution in [0.15, 0.2) is 30.3 Å². The molecule has 24 heavy (non-hydrogen) atoms. The second-order valence-corrected chi connectivity index (χ2v) is 4.73. The summed E-state index contributed by atoms with van der Waals surface area (Å²) in [4.78, 5) is 11.9. The van der Waals surface area contributed by atoms with Gasteiger partial charge in [0.1, 0.15) is 11.5 Å². The van der Waals surface area contributed by atoms with Crippen molar-refractivity contribution in [1.82, 2.24) is 0 Å². The maximum absolute atomic E-state index is 13.5. The summed E-state index contributed by atoms with van der Waals surface area (Å²) in [5, 5.41) is 4.96. The molecule has 0 saturated heterocycles. The Balaban J connectivity index is 2.03. The summed E-state index contributed by atoms with van der Waals surface area (Å²) < 4.78 is 49.6. The fraction of sp³-hybridized carbons (Fsp3) is 0.188. The third kappa shape index (κ3) is 4.09. The highest BCUT2D eigenvalue weighted by Crippen LogP contribution is 2.25. The van der Waals surface area contributed by atoms with E-state index in [1.807, 2.05) is 0 Å². The van der Waals surface area contributed by atoms with Gasteiger partial charge in [-0.1, -0.05) is 0 Å². The summed E-state index contributed by atoms with van der Waals surface area (Å²) >= 11 is 0. The Kier molecular flexibility index (Phi) is 5.51. The fourth-order valence-electron chi connectivity index (χ4n) is 1.92. The first-order valence-corrected chi connectivity index (χ1v) is 6.85. The molecule has 2 N–H and O–H groups in total. The first kappa shape index (κ1) is 17.5. The van der Waals surface area contributed by atoms with Crippen LogP contribution in [0, 0.1) is 17.5 Å². The Hall–Kier alpha value is -2.90. The Morgan fingerprint density at radius 3 is 2.21 bits per heavy atom. The third-order valence-electron chi connectivity index (χ3n) is 3.11. The first-order chi connectivity index (χ1) is 11.4.